The summed E-state index contributed by atoms with van der Waals surface area (Å²) in [6.45, 7) is 8.20. The van der Waals surface area contributed by atoms with Crippen LogP contribution in [0.1, 0.15) is 46.0 Å². The van der Waals surface area contributed by atoms with Crippen LogP contribution in [0.5, 0.6) is 0 Å². The highest BCUT2D eigenvalue weighted by Crippen LogP contribution is 2.16. The van der Waals surface area contributed by atoms with E-state index in [0.717, 1.165) is 25.6 Å². The second-order valence-electron chi connectivity index (χ2n) is 5.32. The molecule has 0 aromatic heterocycles. The molecule has 3 heteroatoms. The van der Waals surface area contributed by atoms with E-state index in [4.69, 9.17) is 0 Å². The third-order valence-electron chi connectivity index (χ3n) is 3.85. The van der Waals surface area contributed by atoms with Crippen LogP contribution in [0.4, 0.5) is 0 Å². The van der Waals surface area contributed by atoms with E-state index in [1.165, 1.54) is 32.1 Å². The lowest BCUT2D eigenvalue weighted by Gasteiger charge is -2.34. The molecule has 1 heterocycles. The lowest BCUT2D eigenvalue weighted by atomic mass is 9.97. The molecule has 0 radical (unpaired) electrons. The van der Waals surface area contributed by atoms with Gasteiger partial charge in [0.1, 0.15) is 0 Å². The fourth-order valence-corrected chi connectivity index (χ4v) is 2.44. The highest BCUT2D eigenvalue weighted by atomic mass is 16.2. The van der Waals surface area contributed by atoms with Crippen molar-refractivity contribution in [2.24, 2.45) is 5.92 Å². The number of nitrogens with zero attached hydrogens (tertiary/aromatic N) is 2. The molecule has 1 rings (SSSR count). The number of rotatable bonds is 7. The first-order valence-corrected chi connectivity index (χ1v) is 7.13. The van der Waals surface area contributed by atoms with Gasteiger partial charge in [-0.05, 0) is 12.3 Å². The van der Waals surface area contributed by atoms with Gasteiger partial charge < -0.3 is 4.90 Å². The predicted molar refractivity (Wildman–Crippen MR) is 72.0 cm³/mol. The Morgan fingerprint density at radius 2 is 2.00 bits per heavy atom. The van der Waals surface area contributed by atoms with E-state index in [-0.39, 0.29) is 5.91 Å². The molecule has 0 N–H and O–H groups in total. The van der Waals surface area contributed by atoms with Crippen molar-refractivity contribution in [1.82, 2.24) is 9.80 Å². The fourth-order valence-electron chi connectivity index (χ4n) is 2.44. The van der Waals surface area contributed by atoms with E-state index < -0.39 is 0 Å². The predicted octanol–water partition coefficient (Wildman–Crippen LogP) is 2.37. The number of likely N-dealkylation sites (N-methyl/N-ethyl adjacent to an activating group) is 1. The van der Waals surface area contributed by atoms with Crippen LogP contribution in [0.25, 0.3) is 0 Å². The Bertz CT molecular complexity index is 230. The summed E-state index contributed by atoms with van der Waals surface area (Å²) in [5.74, 6) is 1.05. The van der Waals surface area contributed by atoms with Gasteiger partial charge in [0.2, 0.25) is 5.91 Å². The molecular formula is C14H28N2O. The van der Waals surface area contributed by atoms with Gasteiger partial charge in [0.15, 0.2) is 0 Å². The molecule has 0 aromatic rings. The molecule has 0 spiro atoms. The number of hydrogen-bond acceptors (Lipinski definition) is 2. The first kappa shape index (κ1) is 14.5. The van der Waals surface area contributed by atoms with Gasteiger partial charge in [-0.2, -0.15) is 0 Å². The third kappa shape index (κ3) is 5.07. The second kappa shape index (κ2) is 7.70. The molecular weight excluding hydrogens is 212 g/mol. The van der Waals surface area contributed by atoms with Crippen LogP contribution in [-0.4, -0.2) is 48.9 Å². The zero-order valence-corrected chi connectivity index (χ0v) is 11.7. The first-order valence-electron chi connectivity index (χ1n) is 7.13. The summed E-state index contributed by atoms with van der Waals surface area (Å²) in [7, 11) is 1.90. The lowest BCUT2D eigenvalue weighted by Crippen LogP contribution is -2.49. The van der Waals surface area contributed by atoms with Crippen LogP contribution in [0.2, 0.25) is 0 Å². The molecule has 3 nitrogen and oxygen atoms in total. The average molecular weight is 240 g/mol. The summed E-state index contributed by atoms with van der Waals surface area (Å²) in [6, 6.07) is 0. The zero-order valence-electron chi connectivity index (χ0n) is 11.7. The number of unbranched alkanes of at least 4 members (excludes halogenated alkanes) is 2. The van der Waals surface area contributed by atoms with E-state index in [1.807, 2.05) is 11.9 Å². The molecule has 17 heavy (non-hydrogen) atoms. The molecule has 1 fully saturated rings. The fraction of sp³-hybridized carbons (Fsp3) is 0.929. The number of piperazine rings is 1. The van der Waals surface area contributed by atoms with Crippen LogP contribution in [-0.2, 0) is 4.79 Å². The highest BCUT2D eigenvalue weighted by Gasteiger charge is 2.22. The summed E-state index contributed by atoms with van der Waals surface area (Å²) in [6.07, 6.45) is 6.55. The SMILES string of the molecule is CCCCCC(CC)CN1CCN(C)C(=O)C1. The van der Waals surface area contributed by atoms with E-state index in [9.17, 15) is 4.79 Å². The van der Waals surface area contributed by atoms with Gasteiger partial charge in [-0.25, -0.2) is 0 Å². The minimum absolute atomic E-state index is 0.277. The van der Waals surface area contributed by atoms with Gasteiger partial charge >= 0.3 is 0 Å². The van der Waals surface area contributed by atoms with Crippen molar-refractivity contribution in [3.05, 3.63) is 0 Å². The molecule has 1 unspecified atom stereocenters. The first-order chi connectivity index (χ1) is 8.17. The van der Waals surface area contributed by atoms with Gasteiger partial charge in [-0.1, -0.05) is 39.5 Å². The topological polar surface area (TPSA) is 23.6 Å². The Labute approximate surface area is 106 Å². The van der Waals surface area contributed by atoms with Crippen molar-refractivity contribution in [3.8, 4) is 0 Å². The van der Waals surface area contributed by atoms with E-state index in [2.05, 4.69) is 18.7 Å². The highest BCUT2D eigenvalue weighted by molar-refractivity contribution is 5.78. The summed E-state index contributed by atoms with van der Waals surface area (Å²) in [5.41, 5.74) is 0. The monoisotopic (exact) mass is 240 g/mol. The van der Waals surface area contributed by atoms with Gasteiger partial charge in [-0.15, -0.1) is 0 Å². The maximum Gasteiger partial charge on any atom is 0.236 e. The molecule has 1 saturated heterocycles. The lowest BCUT2D eigenvalue weighted by molar-refractivity contribution is -0.134. The van der Waals surface area contributed by atoms with Gasteiger partial charge in [0, 0.05) is 26.7 Å². The van der Waals surface area contributed by atoms with Gasteiger partial charge in [-0.3, -0.25) is 9.69 Å². The number of carbonyl (C=O) groups excluding carboxylic acids is 1. The molecule has 1 amide bonds. The maximum atomic E-state index is 11.6. The van der Waals surface area contributed by atoms with Crippen molar-refractivity contribution in [2.45, 2.75) is 46.0 Å². The van der Waals surface area contributed by atoms with Crippen LogP contribution in [0.3, 0.4) is 0 Å². The minimum atomic E-state index is 0.277. The van der Waals surface area contributed by atoms with Crippen molar-refractivity contribution in [1.29, 1.82) is 0 Å². The molecule has 100 valence electrons. The van der Waals surface area contributed by atoms with Crippen molar-refractivity contribution in [3.63, 3.8) is 0 Å². The largest absolute Gasteiger partial charge is 0.343 e. The van der Waals surface area contributed by atoms with Crippen LogP contribution in [0, 0.1) is 5.92 Å². The third-order valence-corrected chi connectivity index (χ3v) is 3.85. The average Bonchev–Trinajstić information content (AvgIpc) is 2.32. The molecule has 1 aliphatic heterocycles. The minimum Gasteiger partial charge on any atom is -0.343 e. The second-order valence-corrected chi connectivity index (χ2v) is 5.32. The van der Waals surface area contributed by atoms with Crippen molar-refractivity contribution in [2.75, 3.05) is 33.2 Å². The van der Waals surface area contributed by atoms with E-state index in [0.29, 0.717) is 6.54 Å². The van der Waals surface area contributed by atoms with Gasteiger partial charge in [0.05, 0.1) is 6.54 Å². The summed E-state index contributed by atoms with van der Waals surface area (Å²) < 4.78 is 0. The van der Waals surface area contributed by atoms with E-state index in [1.54, 1.807) is 0 Å². The number of amides is 1. The molecule has 0 aromatic carbocycles. The Hall–Kier alpha value is -0.570. The molecule has 0 saturated carbocycles. The summed E-state index contributed by atoms with van der Waals surface area (Å²) in [4.78, 5) is 15.8. The summed E-state index contributed by atoms with van der Waals surface area (Å²) in [5, 5.41) is 0. The van der Waals surface area contributed by atoms with Gasteiger partial charge in [0.25, 0.3) is 0 Å². The smallest absolute Gasteiger partial charge is 0.236 e. The Balaban J connectivity index is 2.28. The van der Waals surface area contributed by atoms with Crippen molar-refractivity contribution >= 4 is 5.91 Å². The standard InChI is InChI=1S/C14H28N2O/c1-4-6-7-8-13(5-2)11-16-10-9-15(3)14(17)12-16/h13H,4-12H2,1-3H3. The van der Waals surface area contributed by atoms with Crippen LogP contribution >= 0.6 is 0 Å². The summed E-state index contributed by atoms with van der Waals surface area (Å²) >= 11 is 0. The molecule has 0 aliphatic carbocycles. The number of carbonyl (C=O) groups is 1. The van der Waals surface area contributed by atoms with Crippen LogP contribution < -0.4 is 0 Å². The quantitative estimate of drug-likeness (QED) is 0.638. The Morgan fingerprint density at radius 1 is 1.24 bits per heavy atom. The van der Waals surface area contributed by atoms with Crippen molar-refractivity contribution < 1.29 is 4.79 Å². The Kier molecular flexibility index (Phi) is 6.56. The maximum absolute atomic E-state index is 11.6. The number of hydrogen-bond donors (Lipinski definition) is 0. The molecule has 0 bridgehead atoms. The van der Waals surface area contributed by atoms with E-state index >= 15 is 0 Å². The zero-order chi connectivity index (χ0) is 12.7. The normalized spacial score (nSPS) is 19.7. The van der Waals surface area contributed by atoms with Crippen LogP contribution in [0.15, 0.2) is 0 Å². The molecule has 1 aliphatic rings. The molecule has 1 atom stereocenters. The Morgan fingerprint density at radius 3 is 2.59 bits per heavy atom.